The van der Waals surface area contributed by atoms with E-state index in [9.17, 15) is 13.2 Å². The summed E-state index contributed by atoms with van der Waals surface area (Å²) < 4.78 is 38.5. The zero-order chi connectivity index (χ0) is 13.6. The first-order chi connectivity index (χ1) is 8.28. The lowest BCUT2D eigenvalue weighted by Crippen LogP contribution is -2.11. The molecule has 2 rings (SSSR count). The van der Waals surface area contributed by atoms with E-state index in [1.165, 1.54) is 6.07 Å². The van der Waals surface area contributed by atoms with Crippen molar-refractivity contribution in [2.75, 3.05) is 0 Å². The van der Waals surface area contributed by atoms with Gasteiger partial charge in [0.1, 0.15) is 0 Å². The molecule has 0 atom stereocenters. The van der Waals surface area contributed by atoms with Crippen LogP contribution >= 0.6 is 0 Å². The zero-order valence-electron chi connectivity index (χ0n) is 10.3. The van der Waals surface area contributed by atoms with Gasteiger partial charge in [0.15, 0.2) is 0 Å². The third-order valence-electron chi connectivity index (χ3n) is 3.47. The molecule has 0 N–H and O–H groups in total. The van der Waals surface area contributed by atoms with E-state index in [1.807, 2.05) is 13.8 Å². The largest absolute Gasteiger partial charge is 0.416 e. The van der Waals surface area contributed by atoms with Crippen molar-refractivity contribution < 1.29 is 13.2 Å². The number of nitrogens with zero attached hydrogens (tertiary/aromatic N) is 1. The van der Waals surface area contributed by atoms with E-state index in [1.54, 1.807) is 6.07 Å². The topological polar surface area (TPSA) is 23.8 Å². The molecule has 1 fully saturated rings. The molecule has 0 saturated heterocycles. The van der Waals surface area contributed by atoms with Gasteiger partial charge in [0.2, 0.25) is 0 Å². The van der Waals surface area contributed by atoms with E-state index in [0.29, 0.717) is 24.0 Å². The van der Waals surface area contributed by atoms with Gasteiger partial charge in [0.25, 0.3) is 0 Å². The van der Waals surface area contributed by atoms with Crippen molar-refractivity contribution in [1.82, 2.24) is 0 Å². The average molecular weight is 253 g/mol. The minimum Gasteiger partial charge on any atom is -0.197 e. The highest BCUT2D eigenvalue weighted by atomic mass is 19.4. The smallest absolute Gasteiger partial charge is 0.197 e. The number of nitriles is 1. The molecule has 96 valence electrons. The van der Waals surface area contributed by atoms with E-state index < -0.39 is 17.2 Å². The van der Waals surface area contributed by atoms with Gasteiger partial charge < -0.3 is 0 Å². The molecule has 0 unspecified atom stereocenters. The van der Waals surface area contributed by atoms with Crippen molar-refractivity contribution in [3.63, 3.8) is 0 Å². The van der Waals surface area contributed by atoms with Crippen molar-refractivity contribution in [3.05, 3.63) is 34.9 Å². The molecular weight excluding hydrogens is 239 g/mol. The SMILES string of the molecule is CC(C)c1cc(C(F)(F)F)cc(C2(C#N)CC2)c1. The summed E-state index contributed by atoms with van der Waals surface area (Å²) in [6.45, 7) is 3.70. The third kappa shape index (κ3) is 2.22. The Bertz CT molecular complexity index is 505. The molecule has 1 saturated carbocycles. The quantitative estimate of drug-likeness (QED) is 0.767. The highest BCUT2D eigenvalue weighted by molar-refractivity contribution is 5.44. The Kier molecular flexibility index (Phi) is 2.89. The maximum Gasteiger partial charge on any atom is 0.416 e. The summed E-state index contributed by atoms with van der Waals surface area (Å²) in [6.07, 6.45) is -3.05. The third-order valence-corrected chi connectivity index (χ3v) is 3.47. The fourth-order valence-electron chi connectivity index (χ4n) is 2.01. The first-order valence-corrected chi connectivity index (χ1v) is 5.92. The molecule has 0 spiro atoms. The van der Waals surface area contributed by atoms with Crippen LogP contribution in [0.25, 0.3) is 0 Å². The molecule has 18 heavy (non-hydrogen) atoms. The summed E-state index contributed by atoms with van der Waals surface area (Å²) in [5, 5.41) is 9.10. The van der Waals surface area contributed by atoms with Gasteiger partial charge in [-0.25, -0.2) is 0 Å². The molecule has 1 aliphatic carbocycles. The summed E-state index contributed by atoms with van der Waals surface area (Å²) in [5.74, 6) is 0.0144. The zero-order valence-corrected chi connectivity index (χ0v) is 10.3. The van der Waals surface area contributed by atoms with E-state index >= 15 is 0 Å². The summed E-state index contributed by atoms with van der Waals surface area (Å²) in [4.78, 5) is 0. The standard InChI is InChI=1S/C14H14F3N/c1-9(2)10-5-11(13(8-18)3-4-13)7-12(6-10)14(15,16)17/h5-7,9H,3-4H2,1-2H3. The predicted molar refractivity (Wildman–Crippen MR) is 62.1 cm³/mol. The molecule has 1 aromatic rings. The van der Waals surface area contributed by atoms with Crippen molar-refractivity contribution >= 4 is 0 Å². The second-order valence-corrected chi connectivity index (χ2v) is 5.19. The predicted octanol–water partition coefficient (Wildman–Crippen LogP) is 4.38. The van der Waals surface area contributed by atoms with Crippen LogP contribution in [0.3, 0.4) is 0 Å². The maximum atomic E-state index is 12.8. The highest BCUT2D eigenvalue weighted by Gasteiger charge is 2.46. The molecular formula is C14H14F3N. The van der Waals surface area contributed by atoms with Crippen LogP contribution in [-0.2, 0) is 11.6 Å². The number of benzene rings is 1. The highest BCUT2D eigenvalue weighted by Crippen LogP contribution is 2.49. The summed E-state index contributed by atoms with van der Waals surface area (Å²) in [7, 11) is 0. The van der Waals surface area contributed by atoms with E-state index in [4.69, 9.17) is 5.26 Å². The second-order valence-electron chi connectivity index (χ2n) is 5.19. The van der Waals surface area contributed by atoms with Gasteiger partial charge in [-0.3, -0.25) is 0 Å². The first-order valence-electron chi connectivity index (χ1n) is 5.92. The van der Waals surface area contributed by atoms with E-state index in [0.717, 1.165) is 6.07 Å². The molecule has 1 nitrogen and oxygen atoms in total. The van der Waals surface area contributed by atoms with Crippen molar-refractivity contribution in [3.8, 4) is 6.07 Å². The molecule has 0 amide bonds. The minimum atomic E-state index is -4.36. The molecule has 1 aromatic carbocycles. The summed E-state index contributed by atoms with van der Waals surface area (Å²) >= 11 is 0. The Hall–Kier alpha value is -1.50. The van der Waals surface area contributed by atoms with E-state index in [2.05, 4.69) is 6.07 Å². The molecule has 0 radical (unpaired) electrons. The Morgan fingerprint density at radius 2 is 1.83 bits per heavy atom. The fraction of sp³-hybridized carbons (Fsp3) is 0.500. The van der Waals surface area contributed by atoms with Gasteiger partial charge in [0, 0.05) is 0 Å². The van der Waals surface area contributed by atoms with Crippen molar-refractivity contribution in [2.24, 2.45) is 0 Å². The Morgan fingerprint density at radius 3 is 2.22 bits per heavy atom. The molecule has 0 bridgehead atoms. The Labute approximate surface area is 104 Å². The maximum absolute atomic E-state index is 12.8. The fourth-order valence-corrected chi connectivity index (χ4v) is 2.01. The number of rotatable bonds is 2. The normalized spacial score (nSPS) is 17.6. The molecule has 0 heterocycles. The Morgan fingerprint density at radius 1 is 1.22 bits per heavy atom. The lowest BCUT2D eigenvalue weighted by Gasteiger charge is -2.16. The number of halogens is 3. The van der Waals surface area contributed by atoms with Gasteiger partial charge in [-0.1, -0.05) is 19.9 Å². The number of hydrogen-bond donors (Lipinski definition) is 0. The van der Waals surface area contributed by atoms with Crippen molar-refractivity contribution in [1.29, 1.82) is 5.26 Å². The number of hydrogen-bond acceptors (Lipinski definition) is 1. The van der Waals surface area contributed by atoms with Crippen LogP contribution in [0.4, 0.5) is 13.2 Å². The average Bonchev–Trinajstić information content (AvgIpc) is 3.08. The molecule has 0 aliphatic heterocycles. The summed E-state index contributed by atoms with van der Waals surface area (Å²) in [5.41, 5.74) is -0.166. The van der Waals surface area contributed by atoms with Crippen LogP contribution in [0, 0.1) is 11.3 Å². The van der Waals surface area contributed by atoms with Gasteiger partial charge in [-0.2, -0.15) is 18.4 Å². The van der Waals surface area contributed by atoms with Crippen LogP contribution in [0.1, 0.15) is 49.3 Å². The molecule has 1 aliphatic rings. The summed E-state index contributed by atoms with van der Waals surface area (Å²) in [6, 6.07) is 6.20. The van der Waals surface area contributed by atoms with Crippen LogP contribution in [-0.4, -0.2) is 0 Å². The van der Waals surface area contributed by atoms with Crippen LogP contribution < -0.4 is 0 Å². The first kappa shape index (κ1) is 12.9. The van der Waals surface area contributed by atoms with Gasteiger partial charge in [-0.05, 0) is 42.0 Å². The van der Waals surface area contributed by atoms with Gasteiger partial charge >= 0.3 is 6.18 Å². The lowest BCUT2D eigenvalue weighted by molar-refractivity contribution is -0.137. The number of alkyl halides is 3. The van der Waals surface area contributed by atoms with Crippen LogP contribution in [0.2, 0.25) is 0 Å². The van der Waals surface area contributed by atoms with Gasteiger partial charge in [0.05, 0.1) is 17.0 Å². The Balaban J connectivity index is 2.55. The van der Waals surface area contributed by atoms with Crippen molar-refractivity contribution in [2.45, 2.75) is 44.2 Å². The molecule has 0 aromatic heterocycles. The van der Waals surface area contributed by atoms with Gasteiger partial charge in [-0.15, -0.1) is 0 Å². The minimum absolute atomic E-state index is 0.0144. The van der Waals surface area contributed by atoms with Crippen LogP contribution in [0.15, 0.2) is 18.2 Å². The van der Waals surface area contributed by atoms with Crippen LogP contribution in [0.5, 0.6) is 0 Å². The second kappa shape index (κ2) is 4.01. The lowest BCUT2D eigenvalue weighted by atomic mass is 9.90. The monoisotopic (exact) mass is 253 g/mol. The van der Waals surface area contributed by atoms with E-state index in [-0.39, 0.29) is 5.92 Å². The molecule has 4 heteroatoms.